The van der Waals surface area contributed by atoms with Crippen molar-refractivity contribution in [2.75, 3.05) is 13.1 Å². The molecule has 13 heavy (non-hydrogen) atoms. The number of piperidine rings is 1. The van der Waals surface area contributed by atoms with Crippen molar-refractivity contribution in [3.63, 3.8) is 0 Å². The van der Waals surface area contributed by atoms with Crippen LogP contribution >= 0.6 is 0 Å². The van der Waals surface area contributed by atoms with Gasteiger partial charge in [0.2, 0.25) is 5.91 Å². The number of carbonyl (C=O) groups excluding carboxylic acids is 1. The van der Waals surface area contributed by atoms with E-state index in [9.17, 15) is 13.6 Å². The second-order valence-corrected chi connectivity index (χ2v) is 4.17. The Hall–Kier alpha value is -0.670. The quantitative estimate of drug-likeness (QED) is 0.567. The third kappa shape index (κ3) is 1.23. The van der Waals surface area contributed by atoms with Crippen molar-refractivity contribution in [2.45, 2.75) is 32.1 Å². The summed E-state index contributed by atoms with van der Waals surface area (Å²) in [5, 5.41) is 0. The Morgan fingerprint density at radius 3 is 2.08 bits per heavy atom. The highest BCUT2D eigenvalue weighted by molar-refractivity contribution is 5.73. The van der Waals surface area contributed by atoms with Crippen molar-refractivity contribution >= 4 is 5.91 Å². The number of likely N-dealkylation sites (tertiary alicyclic amines) is 1. The summed E-state index contributed by atoms with van der Waals surface area (Å²) in [5.41, 5.74) is -0.737. The molecule has 1 aliphatic heterocycles. The first-order valence-electron chi connectivity index (χ1n) is 4.60. The largest absolute Gasteiger partial charge is 0.343 e. The van der Waals surface area contributed by atoms with E-state index in [4.69, 9.17) is 0 Å². The molecule has 74 valence electrons. The van der Waals surface area contributed by atoms with E-state index in [-0.39, 0.29) is 12.3 Å². The minimum Gasteiger partial charge on any atom is -0.343 e. The van der Waals surface area contributed by atoms with Gasteiger partial charge in [-0.2, -0.15) is 0 Å². The van der Waals surface area contributed by atoms with E-state index < -0.39 is 11.3 Å². The summed E-state index contributed by atoms with van der Waals surface area (Å²) in [6, 6.07) is 0. The summed E-state index contributed by atoms with van der Waals surface area (Å²) >= 11 is 0. The van der Waals surface area contributed by atoms with Gasteiger partial charge >= 0.3 is 0 Å². The Bertz CT molecular complexity index is 244. The molecule has 4 heteroatoms. The fourth-order valence-electron chi connectivity index (χ4n) is 2.17. The third-order valence-electron chi connectivity index (χ3n) is 3.38. The van der Waals surface area contributed by atoms with Crippen molar-refractivity contribution in [1.82, 2.24) is 4.90 Å². The summed E-state index contributed by atoms with van der Waals surface area (Å²) in [7, 11) is 0. The molecule has 1 amide bonds. The Morgan fingerprint density at radius 2 is 1.77 bits per heavy atom. The third-order valence-corrected chi connectivity index (χ3v) is 3.38. The molecule has 2 rings (SSSR count). The molecule has 0 N–H and O–H groups in total. The highest BCUT2D eigenvalue weighted by Crippen LogP contribution is 2.65. The van der Waals surface area contributed by atoms with Crippen LogP contribution in [0.25, 0.3) is 0 Å². The Kier molecular flexibility index (Phi) is 1.66. The number of hydrogen-bond donors (Lipinski definition) is 0. The number of halogens is 2. The summed E-state index contributed by atoms with van der Waals surface area (Å²) in [6.07, 6.45) is 0.977. The molecule has 0 atom stereocenters. The van der Waals surface area contributed by atoms with E-state index in [0.717, 1.165) is 0 Å². The van der Waals surface area contributed by atoms with E-state index in [2.05, 4.69) is 0 Å². The fourth-order valence-corrected chi connectivity index (χ4v) is 2.17. The maximum Gasteiger partial charge on any atom is 0.254 e. The van der Waals surface area contributed by atoms with Crippen molar-refractivity contribution in [1.29, 1.82) is 0 Å². The Morgan fingerprint density at radius 1 is 1.31 bits per heavy atom. The first-order valence-corrected chi connectivity index (χ1v) is 4.60. The topological polar surface area (TPSA) is 20.3 Å². The smallest absolute Gasteiger partial charge is 0.254 e. The number of hydrogen-bond acceptors (Lipinski definition) is 1. The second-order valence-electron chi connectivity index (χ2n) is 4.17. The van der Waals surface area contributed by atoms with Crippen LogP contribution in [0.3, 0.4) is 0 Å². The molecule has 0 radical (unpaired) electrons. The van der Waals surface area contributed by atoms with Gasteiger partial charge in [0, 0.05) is 31.8 Å². The van der Waals surface area contributed by atoms with Gasteiger partial charge in [-0.1, -0.05) is 0 Å². The lowest BCUT2D eigenvalue weighted by Crippen LogP contribution is -2.39. The first-order chi connectivity index (χ1) is 5.97. The highest BCUT2D eigenvalue weighted by atomic mass is 19.3. The molecule has 2 fully saturated rings. The molecule has 1 aliphatic carbocycles. The molecule has 0 aromatic rings. The van der Waals surface area contributed by atoms with Crippen LogP contribution in [0.1, 0.15) is 26.2 Å². The molecule has 0 bridgehead atoms. The van der Waals surface area contributed by atoms with Crippen molar-refractivity contribution in [3.8, 4) is 0 Å². The molecule has 2 nitrogen and oxygen atoms in total. The lowest BCUT2D eigenvalue weighted by atomic mass is 9.93. The molecular formula is C9H13F2NO. The first kappa shape index (κ1) is 8.91. The van der Waals surface area contributed by atoms with Crippen LogP contribution in [0, 0.1) is 5.41 Å². The van der Waals surface area contributed by atoms with Crippen LogP contribution in [0.5, 0.6) is 0 Å². The molecule has 0 aromatic heterocycles. The second kappa shape index (κ2) is 2.42. The summed E-state index contributed by atoms with van der Waals surface area (Å²) < 4.78 is 25.8. The average molecular weight is 189 g/mol. The van der Waals surface area contributed by atoms with Crippen LogP contribution in [0.2, 0.25) is 0 Å². The molecule has 1 heterocycles. The standard InChI is InChI=1S/C9H13F2NO/c1-7(13)12-4-2-8(3-5-12)6-9(8,10)11/h2-6H2,1H3. The van der Waals surface area contributed by atoms with Gasteiger partial charge in [0.15, 0.2) is 0 Å². The number of alkyl halides is 2. The van der Waals surface area contributed by atoms with Gasteiger partial charge in [-0.3, -0.25) is 4.79 Å². The van der Waals surface area contributed by atoms with Crippen LogP contribution < -0.4 is 0 Å². The van der Waals surface area contributed by atoms with Crippen LogP contribution in [-0.2, 0) is 4.79 Å². The lowest BCUT2D eigenvalue weighted by molar-refractivity contribution is -0.131. The van der Waals surface area contributed by atoms with Gasteiger partial charge in [-0.15, -0.1) is 0 Å². The van der Waals surface area contributed by atoms with Crippen LogP contribution in [0.15, 0.2) is 0 Å². The van der Waals surface area contributed by atoms with Gasteiger partial charge in [0.05, 0.1) is 0 Å². The number of carbonyl (C=O) groups is 1. The van der Waals surface area contributed by atoms with Gasteiger partial charge in [-0.25, -0.2) is 8.78 Å². The molecule has 1 spiro atoms. The van der Waals surface area contributed by atoms with Gasteiger partial charge < -0.3 is 4.90 Å². The summed E-state index contributed by atoms with van der Waals surface area (Å²) in [5.74, 6) is -2.45. The van der Waals surface area contributed by atoms with E-state index in [1.807, 2.05) is 0 Å². The zero-order valence-corrected chi connectivity index (χ0v) is 7.65. The van der Waals surface area contributed by atoms with Crippen molar-refractivity contribution in [2.24, 2.45) is 5.41 Å². The maximum atomic E-state index is 12.9. The minimum absolute atomic E-state index is 0.00110. The van der Waals surface area contributed by atoms with Gasteiger partial charge in [0.25, 0.3) is 5.92 Å². The normalized spacial score (nSPS) is 29.0. The van der Waals surface area contributed by atoms with E-state index >= 15 is 0 Å². The van der Waals surface area contributed by atoms with Crippen molar-refractivity contribution < 1.29 is 13.6 Å². The predicted octanol–water partition coefficient (Wildman–Crippen LogP) is 1.65. The maximum absolute atomic E-state index is 12.9. The minimum atomic E-state index is -2.45. The molecule has 0 unspecified atom stereocenters. The number of amides is 1. The summed E-state index contributed by atoms with van der Waals surface area (Å²) in [6.45, 7) is 2.50. The predicted molar refractivity (Wildman–Crippen MR) is 43.5 cm³/mol. The molecule has 1 saturated heterocycles. The average Bonchev–Trinajstić information content (AvgIpc) is 2.53. The molecular weight excluding hydrogens is 176 g/mol. The molecule has 1 saturated carbocycles. The van der Waals surface area contributed by atoms with Crippen LogP contribution in [-0.4, -0.2) is 29.8 Å². The number of rotatable bonds is 0. The highest BCUT2D eigenvalue weighted by Gasteiger charge is 2.70. The summed E-state index contributed by atoms with van der Waals surface area (Å²) in [4.78, 5) is 12.6. The fraction of sp³-hybridized carbons (Fsp3) is 0.889. The Labute approximate surface area is 75.9 Å². The SMILES string of the molecule is CC(=O)N1CCC2(CC1)CC2(F)F. The van der Waals surface area contributed by atoms with Gasteiger partial charge in [-0.05, 0) is 12.8 Å². The van der Waals surface area contributed by atoms with E-state index in [1.165, 1.54) is 6.92 Å². The zero-order chi connectivity index (χ0) is 9.69. The van der Waals surface area contributed by atoms with Crippen molar-refractivity contribution in [3.05, 3.63) is 0 Å². The van der Waals surface area contributed by atoms with E-state index in [1.54, 1.807) is 4.90 Å². The molecule has 2 aliphatic rings. The Balaban J connectivity index is 1.95. The number of nitrogens with zero attached hydrogens (tertiary/aromatic N) is 1. The van der Waals surface area contributed by atoms with Gasteiger partial charge in [0.1, 0.15) is 0 Å². The lowest BCUT2D eigenvalue weighted by Gasteiger charge is -2.31. The monoisotopic (exact) mass is 189 g/mol. The van der Waals surface area contributed by atoms with Crippen LogP contribution in [0.4, 0.5) is 8.78 Å². The zero-order valence-electron chi connectivity index (χ0n) is 7.65. The van der Waals surface area contributed by atoms with E-state index in [0.29, 0.717) is 25.9 Å². The molecule has 0 aromatic carbocycles.